The van der Waals surface area contributed by atoms with Gasteiger partial charge in [0.05, 0.1) is 11.2 Å². The summed E-state index contributed by atoms with van der Waals surface area (Å²) in [7, 11) is 0. The molecular formula is C21H20N4O2. The van der Waals surface area contributed by atoms with Crippen LogP contribution in [0.2, 0.25) is 0 Å². The Balaban J connectivity index is 1.43. The quantitative estimate of drug-likeness (QED) is 0.512. The Morgan fingerprint density at radius 2 is 1.93 bits per heavy atom. The Morgan fingerprint density at radius 3 is 2.81 bits per heavy atom. The summed E-state index contributed by atoms with van der Waals surface area (Å²) in [6.07, 6.45) is 3.88. The maximum Gasteiger partial charge on any atom is 0.276 e. The van der Waals surface area contributed by atoms with Gasteiger partial charge in [-0.25, -0.2) is 0 Å². The van der Waals surface area contributed by atoms with Gasteiger partial charge in [-0.2, -0.15) is 5.10 Å². The largest absolute Gasteiger partial charge is 0.381 e. The third-order valence-corrected chi connectivity index (χ3v) is 5.33. The number of H-pyrrole nitrogens is 2. The van der Waals surface area contributed by atoms with Crippen LogP contribution in [0.15, 0.2) is 48.7 Å². The minimum Gasteiger partial charge on any atom is -0.381 e. The van der Waals surface area contributed by atoms with E-state index in [4.69, 9.17) is 4.74 Å². The van der Waals surface area contributed by atoms with E-state index in [2.05, 4.69) is 32.6 Å². The molecule has 1 aliphatic rings. The summed E-state index contributed by atoms with van der Waals surface area (Å²) >= 11 is 0. The number of nitrogens with zero attached hydrogens (tertiary/aromatic N) is 1. The van der Waals surface area contributed by atoms with Crippen LogP contribution < -0.4 is 5.32 Å². The second kappa shape index (κ2) is 6.55. The van der Waals surface area contributed by atoms with Gasteiger partial charge in [0.1, 0.15) is 0 Å². The second-order valence-corrected chi connectivity index (χ2v) is 6.97. The predicted molar refractivity (Wildman–Crippen MR) is 105 cm³/mol. The lowest BCUT2D eigenvalue weighted by atomic mass is 9.91. The zero-order valence-corrected chi connectivity index (χ0v) is 14.8. The number of nitrogens with one attached hydrogen (secondary N) is 3. The molecule has 0 atom stereocenters. The van der Waals surface area contributed by atoms with Crippen LogP contribution in [0.25, 0.3) is 21.8 Å². The molecule has 3 N–H and O–H groups in total. The first-order valence-electron chi connectivity index (χ1n) is 9.23. The van der Waals surface area contributed by atoms with E-state index in [1.54, 1.807) is 6.20 Å². The molecule has 0 radical (unpaired) electrons. The first-order valence-corrected chi connectivity index (χ1v) is 9.23. The lowest BCUT2D eigenvalue weighted by Gasteiger charge is -2.22. The third kappa shape index (κ3) is 2.88. The number of anilines is 1. The number of aromatic amines is 2. The zero-order chi connectivity index (χ0) is 18.2. The van der Waals surface area contributed by atoms with Crippen LogP contribution in [0, 0.1) is 0 Å². The molecule has 27 heavy (non-hydrogen) atoms. The average Bonchev–Trinajstić information content (AvgIpc) is 3.32. The second-order valence-electron chi connectivity index (χ2n) is 6.97. The van der Waals surface area contributed by atoms with Gasteiger partial charge < -0.3 is 15.0 Å². The third-order valence-electron chi connectivity index (χ3n) is 5.33. The number of para-hydroxylation sites is 1. The van der Waals surface area contributed by atoms with Crippen molar-refractivity contribution in [3.05, 3.63) is 59.9 Å². The first kappa shape index (κ1) is 16.1. The van der Waals surface area contributed by atoms with Gasteiger partial charge in [-0.3, -0.25) is 9.89 Å². The van der Waals surface area contributed by atoms with Gasteiger partial charge in [-0.1, -0.05) is 30.3 Å². The van der Waals surface area contributed by atoms with Crippen LogP contribution in [0.4, 0.5) is 5.69 Å². The van der Waals surface area contributed by atoms with E-state index in [0.29, 0.717) is 11.6 Å². The number of aromatic nitrogens is 3. The van der Waals surface area contributed by atoms with Gasteiger partial charge in [0.25, 0.3) is 5.91 Å². The predicted octanol–water partition coefficient (Wildman–Crippen LogP) is 4.19. The molecule has 1 amide bonds. The number of carbonyl (C=O) groups excluding carboxylic acids is 1. The number of carbonyl (C=O) groups is 1. The molecule has 1 fully saturated rings. The van der Waals surface area contributed by atoms with Gasteiger partial charge in [0, 0.05) is 35.7 Å². The molecule has 0 unspecified atom stereocenters. The van der Waals surface area contributed by atoms with E-state index in [1.807, 2.05) is 30.3 Å². The number of ether oxygens (including phenoxy) is 1. The van der Waals surface area contributed by atoms with Crippen molar-refractivity contribution in [1.29, 1.82) is 0 Å². The monoisotopic (exact) mass is 360 g/mol. The Bertz CT molecular complexity index is 1120. The van der Waals surface area contributed by atoms with Crippen molar-refractivity contribution in [2.45, 2.75) is 18.8 Å². The standard InChI is InChI=1S/C21H20N4O2/c26-21(23-19-12-22-17-4-2-1-3-15(17)19)20-16-6-5-14(11-18(16)24-25-20)13-7-9-27-10-8-13/h1-6,11-13,22H,7-10H2,(H,23,26)(H,24,25). The summed E-state index contributed by atoms with van der Waals surface area (Å²) in [6.45, 7) is 1.62. The van der Waals surface area contributed by atoms with E-state index in [1.165, 1.54) is 5.56 Å². The maximum absolute atomic E-state index is 12.8. The summed E-state index contributed by atoms with van der Waals surface area (Å²) < 4.78 is 5.45. The van der Waals surface area contributed by atoms with E-state index in [0.717, 1.165) is 53.5 Å². The molecule has 1 saturated heterocycles. The molecule has 3 heterocycles. The summed E-state index contributed by atoms with van der Waals surface area (Å²) in [5.41, 5.74) is 4.32. The number of hydrogen-bond donors (Lipinski definition) is 3. The fraction of sp³-hybridized carbons (Fsp3) is 0.238. The molecule has 1 aliphatic heterocycles. The van der Waals surface area contributed by atoms with Gasteiger partial charge >= 0.3 is 0 Å². The van der Waals surface area contributed by atoms with Crippen LogP contribution >= 0.6 is 0 Å². The van der Waals surface area contributed by atoms with Crippen molar-refractivity contribution in [2.24, 2.45) is 0 Å². The van der Waals surface area contributed by atoms with E-state index >= 15 is 0 Å². The number of fused-ring (bicyclic) bond motifs is 2. The lowest BCUT2D eigenvalue weighted by Crippen LogP contribution is -2.14. The SMILES string of the molecule is O=C(Nc1c[nH]c2ccccc12)c1n[nH]c2cc(C3CCOCC3)ccc12. The molecule has 136 valence electrons. The van der Waals surface area contributed by atoms with Gasteiger partial charge in [0.2, 0.25) is 0 Å². The minimum absolute atomic E-state index is 0.218. The normalized spacial score (nSPS) is 15.4. The van der Waals surface area contributed by atoms with Crippen LogP contribution in [0.5, 0.6) is 0 Å². The van der Waals surface area contributed by atoms with Crippen molar-refractivity contribution in [2.75, 3.05) is 18.5 Å². The van der Waals surface area contributed by atoms with Crippen molar-refractivity contribution < 1.29 is 9.53 Å². The van der Waals surface area contributed by atoms with Crippen LogP contribution in [0.3, 0.4) is 0 Å². The number of benzene rings is 2. The first-order chi connectivity index (χ1) is 13.3. The maximum atomic E-state index is 12.8. The Kier molecular flexibility index (Phi) is 3.90. The highest BCUT2D eigenvalue weighted by Gasteiger charge is 2.19. The molecule has 0 aliphatic carbocycles. The summed E-state index contributed by atoms with van der Waals surface area (Å²) in [5, 5.41) is 12.1. The van der Waals surface area contributed by atoms with Gasteiger partial charge in [-0.05, 0) is 36.5 Å². The highest BCUT2D eigenvalue weighted by molar-refractivity contribution is 6.13. The smallest absolute Gasteiger partial charge is 0.276 e. The number of hydrogen-bond acceptors (Lipinski definition) is 3. The van der Waals surface area contributed by atoms with Crippen molar-refractivity contribution in [1.82, 2.24) is 15.2 Å². The van der Waals surface area contributed by atoms with Crippen LogP contribution in [-0.2, 0) is 4.74 Å². The Hall–Kier alpha value is -3.12. The summed E-state index contributed by atoms with van der Waals surface area (Å²) in [6, 6.07) is 14.1. The lowest BCUT2D eigenvalue weighted by molar-refractivity contribution is 0.0853. The van der Waals surface area contributed by atoms with Crippen molar-refractivity contribution in [3.8, 4) is 0 Å². The molecule has 6 heteroatoms. The Morgan fingerprint density at radius 1 is 1.07 bits per heavy atom. The molecule has 4 aromatic rings. The minimum atomic E-state index is -0.218. The van der Waals surface area contributed by atoms with E-state index in [-0.39, 0.29) is 5.91 Å². The molecule has 0 bridgehead atoms. The molecule has 2 aromatic heterocycles. The zero-order valence-electron chi connectivity index (χ0n) is 14.8. The molecular weight excluding hydrogens is 340 g/mol. The van der Waals surface area contributed by atoms with Gasteiger partial charge in [0.15, 0.2) is 5.69 Å². The molecule has 5 rings (SSSR count). The highest BCUT2D eigenvalue weighted by atomic mass is 16.5. The van der Waals surface area contributed by atoms with Crippen molar-refractivity contribution in [3.63, 3.8) is 0 Å². The fourth-order valence-corrected chi connectivity index (χ4v) is 3.85. The molecule has 6 nitrogen and oxygen atoms in total. The van der Waals surface area contributed by atoms with Crippen molar-refractivity contribution >= 4 is 33.4 Å². The topological polar surface area (TPSA) is 82.8 Å². The number of rotatable bonds is 3. The molecule has 2 aromatic carbocycles. The van der Waals surface area contributed by atoms with E-state index < -0.39 is 0 Å². The molecule has 0 saturated carbocycles. The summed E-state index contributed by atoms with van der Waals surface area (Å²) in [4.78, 5) is 16.0. The molecule has 0 spiro atoms. The fourth-order valence-electron chi connectivity index (χ4n) is 3.85. The van der Waals surface area contributed by atoms with E-state index in [9.17, 15) is 4.79 Å². The average molecular weight is 360 g/mol. The van der Waals surface area contributed by atoms with Gasteiger partial charge in [-0.15, -0.1) is 0 Å². The Labute approximate surface area is 155 Å². The summed E-state index contributed by atoms with van der Waals surface area (Å²) in [5.74, 6) is 0.291. The number of amides is 1. The van der Waals surface area contributed by atoms with Crippen LogP contribution in [0.1, 0.15) is 34.8 Å². The highest BCUT2D eigenvalue weighted by Crippen LogP contribution is 2.30. The van der Waals surface area contributed by atoms with Crippen LogP contribution in [-0.4, -0.2) is 34.3 Å².